The Bertz CT molecular complexity index is 1110. The van der Waals surface area contributed by atoms with Crippen LogP contribution in [0.2, 0.25) is 5.02 Å². The number of hydrogen-bond donors (Lipinski definition) is 0. The standard InChI is InChI=1S/C27H23ClO5/c1-31-24(29)26(25(30)32-2)17-23(19-13-15-22(28)16-14-19)33-27(18-26,20-9-5-3-6-10-20)21-11-7-4-8-12-21/h3-17H,18H2,1-2H3. The molecule has 4 rings (SSSR count). The lowest BCUT2D eigenvalue weighted by atomic mass is 9.69. The summed E-state index contributed by atoms with van der Waals surface area (Å²) >= 11 is 6.09. The van der Waals surface area contributed by atoms with Gasteiger partial charge in [-0.15, -0.1) is 0 Å². The molecular formula is C27H23ClO5. The zero-order valence-electron chi connectivity index (χ0n) is 18.3. The van der Waals surface area contributed by atoms with Crippen molar-refractivity contribution >= 4 is 29.3 Å². The van der Waals surface area contributed by atoms with Crippen LogP contribution in [0.25, 0.3) is 5.76 Å². The van der Waals surface area contributed by atoms with Crippen molar-refractivity contribution in [3.8, 4) is 0 Å². The number of carbonyl (C=O) groups excluding carboxylic acids is 2. The Morgan fingerprint density at radius 2 is 1.27 bits per heavy atom. The van der Waals surface area contributed by atoms with Crippen molar-refractivity contribution in [1.29, 1.82) is 0 Å². The first-order valence-corrected chi connectivity index (χ1v) is 10.8. The first-order valence-electron chi connectivity index (χ1n) is 10.4. The first-order chi connectivity index (χ1) is 15.9. The second kappa shape index (κ2) is 9.12. The molecule has 1 heterocycles. The van der Waals surface area contributed by atoms with Crippen molar-refractivity contribution in [2.75, 3.05) is 14.2 Å². The summed E-state index contributed by atoms with van der Waals surface area (Å²) < 4.78 is 17.0. The normalized spacial score (nSPS) is 16.2. The van der Waals surface area contributed by atoms with Gasteiger partial charge in [0, 0.05) is 17.0 Å². The number of ether oxygens (including phenoxy) is 3. The predicted octanol–water partition coefficient (Wildman–Crippen LogP) is 5.38. The molecule has 0 bridgehead atoms. The molecule has 5 nitrogen and oxygen atoms in total. The van der Waals surface area contributed by atoms with Gasteiger partial charge in [-0.3, -0.25) is 9.59 Å². The van der Waals surface area contributed by atoms with Gasteiger partial charge in [0.15, 0.2) is 11.0 Å². The van der Waals surface area contributed by atoms with E-state index in [9.17, 15) is 9.59 Å². The van der Waals surface area contributed by atoms with Gasteiger partial charge in [-0.05, 0) is 41.5 Å². The first kappa shape index (κ1) is 22.6. The molecule has 0 spiro atoms. The van der Waals surface area contributed by atoms with E-state index in [4.69, 9.17) is 25.8 Å². The molecule has 3 aromatic carbocycles. The highest BCUT2D eigenvalue weighted by Gasteiger charge is 2.58. The van der Waals surface area contributed by atoms with Gasteiger partial charge in [0.05, 0.1) is 14.2 Å². The highest BCUT2D eigenvalue weighted by molar-refractivity contribution is 6.30. The molecule has 33 heavy (non-hydrogen) atoms. The fourth-order valence-corrected chi connectivity index (χ4v) is 4.42. The van der Waals surface area contributed by atoms with Crippen LogP contribution in [0, 0.1) is 5.41 Å². The van der Waals surface area contributed by atoms with Gasteiger partial charge in [0.1, 0.15) is 5.76 Å². The van der Waals surface area contributed by atoms with E-state index in [0.29, 0.717) is 16.3 Å². The van der Waals surface area contributed by atoms with Crippen LogP contribution < -0.4 is 0 Å². The SMILES string of the molecule is COC(=O)C1(C(=O)OC)C=C(c2ccc(Cl)cc2)OC(c2ccccc2)(c2ccccc2)C1. The zero-order valence-corrected chi connectivity index (χ0v) is 19.0. The predicted molar refractivity (Wildman–Crippen MR) is 125 cm³/mol. The van der Waals surface area contributed by atoms with Gasteiger partial charge in [0.25, 0.3) is 0 Å². The summed E-state index contributed by atoms with van der Waals surface area (Å²) in [6.45, 7) is 0. The lowest BCUT2D eigenvalue weighted by Gasteiger charge is -2.44. The average molecular weight is 463 g/mol. The number of esters is 2. The smallest absolute Gasteiger partial charge is 0.327 e. The third-order valence-corrected chi connectivity index (χ3v) is 6.15. The monoisotopic (exact) mass is 462 g/mol. The van der Waals surface area contributed by atoms with Gasteiger partial charge in [-0.2, -0.15) is 0 Å². The van der Waals surface area contributed by atoms with Crippen LogP contribution in [0.1, 0.15) is 23.1 Å². The lowest BCUT2D eigenvalue weighted by Crippen LogP contribution is -2.49. The maximum absolute atomic E-state index is 13.2. The molecule has 0 amide bonds. The summed E-state index contributed by atoms with van der Waals surface area (Å²) in [5.41, 5.74) is -0.676. The van der Waals surface area contributed by atoms with E-state index in [2.05, 4.69) is 0 Å². The molecule has 0 fully saturated rings. The molecule has 1 aliphatic heterocycles. The minimum atomic E-state index is -1.73. The number of rotatable bonds is 5. The molecule has 0 saturated heterocycles. The Balaban J connectivity index is 2.04. The second-order valence-corrected chi connectivity index (χ2v) is 8.24. The van der Waals surface area contributed by atoms with Crippen LogP contribution in [0.15, 0.2) is 91.0 Å². The fraction of sp³-hybridized carbons (Fsp3) is 0.185. The van der Waals surface area contributed by atoms with E-state index < -0.39 is 23.0 Å². The Morgan fingerprint density at radius 3 is 1.73 bits per heavy atom. The van der Waals surface area contributed by atoms with Gasteiger partial charge in [0.2, 0.25) is 0 Å². The molecule has 1 aliphatic rings. The van der Waals surface area contributed by atoms with Crippen LogP contribution in [0.3, 0.4) is 0 Å². The molecule has 0 saturated carbocycles. The van der Waals surface area contributed by atoms with Crippen LogP contribution in [0.4, 0.5) is 0 Å². The van der Waals surface area contributed by atoms with Crippen molar-refractivity contribution in [2.45, 2.75) is 12.0 Å². The van der Waals surface area contributed by atoms with Crippen molar-refractivity contribution in [3.05, 3.63) is 113 Å². The maximum Gasteiger partial charge on any atom is 0.327 e. The number of hydrogen-bond acceptors (Lipinski definition) is 5. The van der Waals surface area contributed by atoms with Crippen LogP contribution in [-0.2, 0) is 29.4 Å². The summed E-state index contributed by atoms with van der Waals surface area (Å²) in [7, 11) is 2.51. The van der Waals surface area contributed by atoms with Gasteiger partial charge >= 0.3 is 11.9 Å². The van der Waals surface area contributed by atoms with E-state index in [1.807, 2.05) is 60.7 Å². The quantitative estimate of drug-likeness (QED) is 0.376. The third kappa shape index (κ3) is 4.00. The Kier molecular flexibility index (Phi) is 6.25. The van der Waals surface area contributed by atoms with Gasteiger partial charge < -0.3 is 14.2 Å². The third-order valence-electron chi connectivity index (χ3n) is 5.90. The van der Waals surface area contributed by atoms with Gasteiger partial charge in [-0.25, -0.2) is 0 Å². The average Bonchev–Trinajstić information content (AvgIpc) is 2.88. The van der Waals surface area contributed by atoms with Crippen LogP contribution >= 0.6 is 11.6 Å². The van der Waals surface area contributed by atoms with Crippen LogP contribution in [-0.4, -0.2) is 26.2 Å². The summed E-state index contributed by atoms with van der Waals surface area (Å²) in [4.78, 5) is 26.5. The van der Waals surface area contributed by atoms with E-state index in [-0.39, 0.29) is 6.42 Å². The molecule has 3 aromatic rings. The molecule has 0 unspecified atom stereocenters. The van der Waals surface area contributed by atoms with Crippen molar-refractivity contribution < 1.29 is 23.8 Å². The molecular weight excluding hydrogens is 440 g/mol. The van der Waals surface area contributed by atoms with E-state index in [0.717, 1.165) is 11.1 Å². The summed E-state index contributed by atoms with van der Waals surface area (Å²) in [6.07, 6.45) is 1.46. The number of carbonyl (C=O) groups is 2. The Morgan fingerprint density at radius 1 is 0.788 bits per heavy atom. The number of benzene rings is 3. The molecule has 0 N–H and O–H groups in total. The Hall–Kier alpha value is -3.57. The molecule has 6 heteroatoms. The van der Waals surface area contributed by atoms with E-state index in [1.54, 1.807) is 24.3 Å². The molecule has 0 aromatic heterocycles. The number of methoxy groups -OCH3 is 2. The highest BCUT2D eigenvalue weighted by atomic mass is 35.5. The van der Waals surface area contributed by atoms with Crippen LogP contribution in [0.5, 0.6) is 0 Å². The van der Waals surface area contributed by atoms with E-state index >= 15 is 0 Å². The van der Waals surface area contributed by atoms with Crippen molar-refractivity contribution in [2.24, 2.45) is 5.41 Å². The van der Waals surface area contributed by atoms with Gasteiger partial charge in [-0.1, -0.05) is 72.3 Å². The minimum Gasteiger partial charge on any atom is -0.477 e. The molecule has 0 aliphatic carbocycles. The number of halogens is 1. The van der Waals surface area contributed by atoms with E-state index in [1.165, 1.54) is 20.3 Å². The maximum atomic E-state index is 13.2. The minimum absolute atomic E-state index is 0.0372. The molecule has 168 valence electrons. The largest absolute Gasteiger partial charge is 0.477 e. The second-order valence-electron chi connectivity index (χ2n) is 7.81. The summed E-state index contributed by atoms with van der Waals surface area (Å²) in [5, 5.41) is 0.555. The topological polar surface area (TPSA) is 61.8 Å². The fourth-order valence-electron chi connectivity index (χ4n) is 4.29. The summed E-state index contributed by atoms with van der Waals surface area (Å²) in [6, 6.07) is 26.0. The highest BCUT2D eigenvalue weighted by Crippen LogP contribution is 2.52. The Labute approximate surface area is 197 Å². The molecule has 0 atom stereocenters. The van der Waals surface area contributed by atoms with Crippen molar-refractivity contribution in [3.63, 3.8) is 0 Å². The lowest BCUT2D eigenvalue weighted by molar-refractivity contribution is -0.170. The zero-order chi connectivity index (χ0) is 23.5. The summed E-state index contributed by atoms with van der Waals surface area (Å²) in [5.74, 6) is -1.10. The molecule has 0 radical (unpaired) electrons. The van der Waals surface area contributed by atoms with Crippen molar-refractivity contribution in [1.82, 2.24) is 0 Å².